The van der Waals surface area contributed by atoms with Gasteiger partial charge in [0.1, 0.15) is 19.1 Å². The topological polar surface area (TPSA) is 37.7 Å². The Bertz CT molecular complexity index is 496. The normalized spacial score (nSPS) is 22.7. The van der Waals surface area contributed by atoms with Gasteiger partial charge in [0.2, 0.25) is 0 Å². The van der Waals surface area contributed by atoms with Crippen LogP contribution >= 0.6 is 23.6 Å². The zero-order chi connectivity index (χ0) is 16.8. The highest BCUT2D eigenvalue weighted by atomic mass is 32.1. The minimum absolute atomic E-state index is 0.306. The van der Waals surface area contributed by atoms with Gasteiger partial charge in [0.25, 0.3) is 0 Å². The fourth-order valence-electron chi connectivity index (χ4n) is 3.98. The number of hydrogen-bond donors (Lipinski definition) is 3. The molecule has 2 heterocycles. The van der Waals surface area contributed by atoms with Gasteiger partial charge in [0.05, 0.1) is 24.1 Å². The molecule has 1 saturated heterocycles. The Labute approximate surface area is 155 Å². The maximum atomic E-state index is 5.61. The first-order valence-corrected chi connectivity index (χ1v) is 10.6. The molecule has 4 nitrogen and oxygen atoms in total. The van der Waals surface area contributed by atoms with Crippen LogP contribution in [-0.4, -0.2) is 43.5 Å². The van der Waals surface area contributed by atoms with Crippen molar-refractivity contribution in [3.8, 4) is 0 Å². The van der Waals surface area contributed by atoms with E-state index in [1.54, 1.807) is 4.90 Å². The minimum Gasteiger partial charge on any atom is -0.370 e. The molecule has 0 spiro atoms. The van der Waals surface area contributed by atoms with Crippen molar-refractivity contribution in [1.82, 2.24) is 10.6 Å². The number of ether oxygens (including phenoxy) is 1. The van der Waals surface area contributed by atoms with Crippen LogP contribution in [0.5, 0.6) is 0 Å². The van der Waals surface area contributed by atoms with E-state index < -0.39 is 0 Å². The van der Waals surface area contributed by atoms with Crippen LogP contribution in [0.25, 0.3) is 0 Å². The Morgan fingerprint density at radius 3 is 2.71 bits per heavy atom. The molecule has 0 bridgehead atoms. The van der Waals surface area contributed by atoms with Crippen LogP contribution in [0.4, 0.5) is 0 Å². The van der Waals surface area contributed by atoms with Gasteiger partial charge < -0.3 is 20.3 Å². The Morgan fingerprint density at radius 2 is 2.04 bits per heavy atom. The van der Waals surface area contributed by atoms with E-state index in [0.29, 0.717) is 18.1 Å². The Kier molecular flexibility index (Phi) is 6.89. The van der Waals surface area contributed by atoms with E-state index in [-0.39, 0.29) is 0 Å². The number of quaternary nitrogens is 1. The zero-order valence-electron chi connectivity index (χ0n) is 14.6. The van der Waals surface area contributed by atoms with Crippen LogP contribution in [0.3, 0.4) is 0 Å². The van der Waals surface area contributed by atoms with Gasteiger partial charge in [0, 0.05) is 6.04 Å². The van der Waals surface area contributed by atoms with Gasteiger partial charge >= 0.3 is 0 Å². The molecule has 3 N–H and O–H groups in total. The maximum Gasteiger partial charge on any atom is 0.166 e. The first-order chi connectivity index (χ1) is 11.7. The molecule has 1 aromatic heterocycles. The number of thiocarbonyl (C=S) groups is 1. The zero-order valence-corrected chi connectivity index (χ0v) is 16.2. The van der Waals surface area contributed by atoms with Crippen LogP contribution in [0.2, 0.25) is 0 Å². The smallest absolute Gasteiger partial charge is 0.166 e. The molecule has 2 aliphatic rings. The highest BCUT2D eigenvalue weighted by Gasteiger charge is 2.32. The van der Waals surface area contributed by atoms with Gasteiger partial charge in [0.15, 0.2) is 5.11 Å². The molecule has 1 saturated carbocycles. The van der Waals surface area contributed by atoms with Crippen molar-refractivity contribution in [1.29, 1.82) is 0 Å². The van der Waals surface area contributed by atoms with Crippen LogP contribution in [0.1, 0.15) is 49.9 Å². The molecule has 2 fully saturated rings. The average Bonchev–Trinajstić information content (AvgIpc) is 3.11. The molecular formula is C18H30N3OS2+. The van der Waals surface area contributed by atoms with E-state index in [1.165, 1.54) is 37.0 Å². The second kappa shape index (κ2) is 9.13. The monoisotopic (exact) mass is 368 g/mol. The predicted molar refractivity (Wildman–Crippen MR) is 104 cm³/mol. The number of thiophene rings is 1. The van der Waals surface area contributed by atoms with Crippen LogP contribution in [0, 0.1) is 0 Å². The Hall–Kier alpha value is -0.690. The number of morpholine rings is 1. The van der Waals surface area contributed by atoms with E-state index in [9.17, 15) is 0 Å². The lowest BCUT2D eigenvalue weighted by molar-refractivity contribution is -0.939. The molecule has 6 heteroatoms. The summed E-state index contributed by atoms with van der Waals surface area (Å²) in [5.41, 5.74) is 0. The van der Waals surface area contributed by atoms with Crippen LogP contribution in [0.15, 0.2) is 17.5 Å². The van der Waals surface area contributed by atoms with Crippen molar-refractivity contribution in [2.24, 2.45) is 0 Å². The lowest BCUT2D eigenvalue weighted by Crippen LogP contribution is -3.15. The number of hydrogen-bond acceptors (Lipinski definition) is 3. The average molecular weight is 369 g/mol. The first kappa shape index (κ1) is 18.1. The summed E-state index contributed by atoms with van der Waals surface area (Å²) in [5, 5.41) is 10.1. The molecule has 0 unspecified atom stereocenters. The largest absolute Gasteiger partial charge is 0.370 e. The predicted octanol–water partition coefficient (Wildman–Crippen LogP) is 1.89. The summed E-state index contributed by atoms with van der Waals surface area (Å²) in [5.74, 6) is 0. The molecule has 1 aliphatic carbocycles. The fraction of sp³-hybridized carbons (Fsp3) is 0.722. The fourth-order valence-corrected chi connectivity index (χ4v) is 5.32. The van der Waals surface area contributed by atoms with Crippen LogP contribution < -0.4 is 15.5 Å². The highest BCUT2D eigenvalue weighted by Crippen LogP contribution is 2.20. The third kappa shape index (κ3) is 4.91. The number of nitrogens with one attached hydrogen (secondary N) is 3. The summed E-state index contributed by atoms with van der Waals surface area (Å²) in [7, 11) is 0. The molecule has 1 aromatic rings. The van der Waals surface area contributed by atoms with Gasteiger partial charge in [-0.05, 0) is 43.4 Å². The van der Waals surface area contributed by atoms with Crippen LogP contribution in [-0.2, 0) is 4.74 Å². The molecular weight excluding hydrogens is 338 g/mol. The quantitative estimate of drug-likeness (QED) is 0.694. The standard InChI is InChI=1S/C18H29N3OS2/c1-14(19-18(23)20-15-6-3-2-4-7-15)17(16-8-5-13-24-16)21-9-11-22-12-10-21/h5,8,13-15,17H,2-4,6-7,9-12H2,1H3,(H2,19,20,23)/p+1/t14-,17-/m0/s1. The minimum atomic E-state index is 0.306. The Balaban J connectivity index is 1.60. The van der Waals surface area contributed by atoms with Gasteiger partial charge in [-0.15, -0.1) is 11.3 Å². The molecule has 0 radical (unpaired) electrons. The molecule has 2 atom stereocenters. The van der Waals surface area contributed by atoms with Gasteiger partial charge in [-0.25, -0.2) is 0 Å². The summed E-state index contributed by atoms with van der Waals surface area (Å²) < 4.78 is 5.55. The summed E-state index contributed by atoms with van der Waals surface area (Å²) in [6, 6.07) is 5.70. The van der Waals surface area contributed by atoms with E-state index in [2.05, 4.69) is 35.1 Å². The van der Waals surface area contributed by atoms with E-state index in [4.69, 9.17) is 17.0 Å². The SMILES string of the molecule is C[C@H](NC(=S)NC1CCCCC1)[C@@H](c1cccs1)[NH+]1CCOCC1. The van der Waals surface area contributed by atoms with E-state index >= 15 is 0 Å². The van der Waals surface area contributed by atoms with E-state index in [1.807, 2.05) is 11.3 Å². The summed E-state index contributed by atoms with van der Waals surface area (Å²) >= 11 is 7.46. The summed E-state index contributed by atoms with van der Waals surface area (Å²) in [4.78, 5) is 3.04. The third-order valence-electron chi connectivity index (χ3n) is 5.22. The molecule has 134 valence electrons. The molecule has 0 amide bonds. The van der Waals surface area contributed by atoms with Crippen molar-refractivity contribution < 1.29 is 9.64 Å². The third-order valence-corrected chi connectivity index (χ3v) is 6.41. The van der Waals surface area contributed by atoms with Crippen molar-refractivity contribution >= 4 is 28.7 Å². The van der Waals surface area contributed by atoms with Crippen molar-refractivity contribution in [3.63, 3.8) is 0 Å². The molecule has 24 heavy (non-hydrogen) atoms. The Morgan fingerprint density at radius 1 is 1.29 bits per heavy atom. The first-order valence-electron chi connectivity index (χ1n) is 9.27. The highest BCUT2D eigenvalue weighted by molar-refractivity contribution is 7.80. The lowest BCUT2D eigenvalue weighted by atomic mass is 9.96. The second-order valence-electron chi connectivity index (χ2n) is 7.01. The number of rotatable bonds is 5. The van der Waals surface area contributed by atoms with E-state index in [0.717, 1.165) is 31.4 Å². The van der Waals surface area contributed by atoms with Crippen molar-refractivity contribution in [3.05, 3.63) is 22.4 Å². The van der Waals surface area contributed by atoms with Gasteiger partial charge in [-0.3, -0.25) is 0 Å². The van der Waals surface area contributed by atoms with Gasteiger partial charge in [-0.2, -0.15) is 0 Å². The van der Waals surface area contributed by atoms with Crippen molar-refractivity contribution in [2.45, 2.75) is 57.2 Å². The molecule has 0 aromatic carbocycles. The van der Waals surface area contributed by atoms with Crippen molar-refractivity contribution in [2.75, 3.05) is 26.3 Å². The second-order valence-corrected chi connectivity index (χ2v) is 8.39. The molecule has 1 aliphatic heterocycles. The summed E-state index contributed by atoms with van der Waals surface area (Å²) in [6.07, 6.45) is 6.52. The maximum absolute atomic E-state index is 5.61. The lowest BCUT2D eigenvalue weighted by Gasteiger charge is -2.35. The summed E-state index contributed by atoms with van der Waals surface area (Å²) in [6.45, 7) is 6.11. The van der Waals surface area contributed by atoms with Gasteiger partial charge in [-0.1, -0.05) is 25.3 Å². The molecule has 3 rings (SSSR count).